The van der Waals surface area contributed by atoms with Crippen molar-refractivity contribution in [2.45, 2.75) is 104 Å². The van der Waals surface area contributed by atoms with Gasteiger partial charge >= 0.3 is 5.97 Å². The van der Waals surface area contributed by atoms with E-state index in [0.717, 1.165) is 30.2 Å². The zero-order valence-corrected chi connectivity index (χ0v) is 22.4. The van der Waals surface area contributed by atoms with E-state index in [1.165, 1.54) is 80.9 Å². The summed E-state index contributed by atoms with van der Waals surface area (Å²) in [5, 5.41) is 0. The van der Waals surface area contributed by atoms with E-state index in [1.807, 2.05) is 24.3 Å². The van der Waals surface area contributed by atoms with Crippen LogP contribution in [0.5, 0.6) is 5.75 Å². The number of unbranched alkanes of at least 4 members (excludes halogenated alkanes) is 4. The fraction of sp³-hybridized carbons (Fsp3) is 0.545. The van der Waals surface area contributed by atoms with Gasteiger partial charge in [-0.2, -0.15) is 0 Å². The predicted octanol–water partition coefficient (Wildman–Crippen LogP) is 10.0. The molecule has 2 nitrogen and oxygen atoms in total. The molecular weight excluding hydrogens is 428 g/mol. The summed E-state index contributed by atoms with van der Waals surface area (Å²) in [6.45, 7) is 6.86. The maximum Gasteiger partial charge on any atom is 0.311 e. The molecule has 3 rings (SSSR count). The zero-order chi connectivity index (χ0) is 24.9. The minimum atomic E-state index is -0.128. The molecule has 0 amide bonds. The third kappa shape index (κ3) is 8.98. The van der Waals surface area contributed by atoms with Crippen LogP contribution in [0.15, 0.2) is 54.6 Å². The average Bonchev–Trinajstić information content (AvgIpc) is 2.90. The molecule has 2 aromatic carbocycles. The smallest absolute Gasteiger partial charge is 0.311 e. The summed E-state index contributed by atoms with van der Waals surface area (Å²) in [5.41, 5.74) is 5.21. The Hall–Kier alpha value is -2.35. The second-order valence-electron chi connectivity index (χ2n) is 10.4. The molecule has 0 aromatic heterocycles. The maximum atomic E-state index is 12.1. The first kappa shape index (κ1) is 27.2. The number of benzene rings is 2. The van der Waals surface area contributed by atoms with Crippen LogP contribution in [-0.2, 0) is 4.79 Å². The van der Waals surface area contributed by atoms with Gasteiger partial charge in [-0.3, -0.25) is 4.79 Å². The Balaban J connectivity index is 1.48. The number of esters is 1. The molecule has 0 N–H and O–H groups in total. The molecule has 2 heteroatoms. The Bertz CT molecular complexity index is 903. The standard InChI is InChI=1S/C33H46O2/c1-4-7-8-9-10-11-33(34)35-32-24-22-31(23-25-32)30-20-18-29(19-21-30)28-16-14-27(15-17-28)13-12-26(5-2)6-3/h16,18-27H,4-15,17H2,1-3H3. The van der Waals surface area contributed by atoms with E-state index in [-0.39, 0.29) is 5.97 Å². The van der Waals surface area contributed by atoms with Gasteiger partial charge in [0.1, 0.15) is 5.75 Å². The van der Waals surface area contributed by atoms with Gasteiger partial charge in [-0.05, 0) is 78.3 Å². The van der Waals surface area contributed by atoms with Crippen LogP contribution in [-0.4, -0.2) is 5.97 Å². The van der Waals surface area contributed by atoms with Crippen LogP contribution in [0.4, 0.5) is 0 Å². The topological polar surface area (TPSA) is 26.3 Å². The molecule has 1 aliphatic rings. The first-order valence-corrected chi connectivity index (χ1v) is 14.2. The molecule has 1 aliphatic carbocycles. The lowest BCUT2D eigenvalue weighted by Gasteiger charge is -2.24. The molecule has 0 saturated carbocycles. The molecular formula is C33H46O2. The summed E-state index contributed by atoms with van der Waals surface area (Å²) in [5.74, 6) is 2.29. The highest BCUT2D eigenvalue weighted by atomic mass is 16.5. The number of carbonyl (C=O) groups excluding carboxylic acids is 1. The third-order valence-corrected chi connectivity index (χ3v) is 7.82. The van der Waals surface area contributed by atoms with Crippen molar-refractivity contribution in [2.75, 3.05) is 0 Å². The van der Waals surface area contributed by atoms with E-state index >= 15 is 0 Å². The summed E-state index contributed by atoms with van der Waals surface area (Å²) < 4.78 is 5.52. The molecule has 190 valence electrons. The van der Waals surface area contributed by atoms with E-state index in [9.17, 15) is 4.79 Å². The largest absolute Gasteiger partial charge is 0.427 e. The summed E-state index contributed by atoms with van der Waals surface area (Å²) in [4.78, 5) is 12.1. The highest BCUT2D eigenvalue weighted by Gasteiger charge is 2.17. The van der Waals surface area contributed by atoms with Gasteiger partial charge in [-0.1, -0.05) is 108 Å². The Morgan fingerprint density at radius 3 is 2.09 bits per heavy atom. The average molecular weight is 475 g/mol. The van der Waals surface area contributed by atoms with Gasteiger partial charge in [0, 0.05) is 6.42 Å². The van der Waals surface area contributed by atoms with Crippen molar-refractivity contribution < 1.29 is 9.53 Å². The second-order valence-corrected chi connectivity index (χ2v) is 10.4. The summed E-state index contributed by atoms with van der Waals surface area (Å²) in [7, 11) is 0. The Labute approximate surface area is 214 Å². The molecule has 0 radical (unpaired) electrons. The van der Waals surface area contributed by atoms with Crippen molar-refractivity contribution in [3.05, 3.63) is 60.2 Å². The highest BCUT2D eigenvalue weighted by molar-refractivity contribution is 5.74. The first-order chi connectivity index (χ1) is 17.1. The van der Waals surface area contributed by atoms with E-state index in [2.05, 4.69) is 51.1 Å². The SMILES string of the molecule is CCCCCCCC(=O)Oc1ccc(-c2ccc(C3=CCC(CCC(CC)CC)CC3)cc2)cc1. The predicted molar refractivity (Wildman–Crippen MR) is 150 cm³/mol. The Morgan fingerprint density at radius 2 is 1.49 bits per heavy atom. The third-order valence-electron chi connectivity index (χ3n) is 7.82. The molecule has 2 aromatic rings. The van der Waals surface area contributed by atoms with Crippen LogP contribution in [0.2, 0.25) is 0 Å². The maximum absolute atomic E-state index is 12.1. The minimum Gasteiger partial charge on any atom is -0.427 e. The van der Waals surface area contributed by atoms with Crippen molar-refractivity contribution in [1.29, 1.82) is 0 Å². The monoisotopic (exact) mass is 474 g/mol. The highest BCUT2D eigenvalue weighted by Crippen LogP contribution is 2.34. The van der Waals surface area contributed by atoms with Gasteiger partial charge in [0.25, 0.3) is 0 Å². The lowest BCUT2D eigenvalue weighted by Crippen LogP contribution is -2.08. The molecule has 0 saturated heterocycles. The molecule has 0 heterocycles. The fourth-order valence-corrected chi connectivity index (χ4v) is 5.23. The summed E-state index contributed by atoms with van der Waals surface area (Å²) >= 11 is 0. The number of rotatable bonds is 14. The number of hydrogen-bond donors (Lipinski definition) is 0. The molecule has 35 heavy (non-hydrogen) atoms. The number of hydrogen-bond acceptors (Lipinski definition) is 2. The van der Waals surface area contributed by atoms with Crippen molar-refractivity contribution in [3.63, 3.8) is 0 Å². The molecule has 0 bridgehead atoms. The molecule has 0 spiro atoms. The molecule has 0 aliphatic heterocycles. The van der Waals surface area contributed by atoms with Gasteiger partial charge in [0.05, 0.1) is 0 Å². The van der Waals surface area contributed by atoms with Crippen LogP contribution in [0, 0.1) is 11.8 Å². The number of ether oxygens (including phenoxy) is 1. The Kier molecular flexibility index (Phi) is 11.6. The lowest BCUT2D eigenvalue weighted by atomic mass is 9.82. The number of allylic oxidation sites excluding steroid dienone is 2. The van der Waals surface area contributed by atoms with E-state index in [4.69, 9.17) is 4.74 Å². The van der Waals surface area contributed by atoms with Crippen molar-refractivity contribution in [2.24, 2.45) is 11.8 Å². The van der Waals surface area contributed by atoms with Crippen LogP contribution < -0.4 is 4.74 Å². The summed E-state index contributed by atoms with van der Waals surface area (Å²) in [6.07, 6.45) is 17.9. The van der Waals surface area contributed by atoms with Crippen molar-refractivity contribution in [3.8, 4) is 16.9 Å². The van der Waals surface area contributed by atoms with E-state index < -0.39 is 0 Å². The van der Waals surface area contributed by atoms with Crippen LogP contribution in [0.1, 0.15) is 110 Å². The second kappa shape index (κ2) is 14.9. The first-order valence-electron chi connectivity index (χ1n) is 14.2. The van der Waals surface area contributed by atoms with Crippen molar-refractivity contribution >= 4 is 11.5 Å². The van der Waals surface area contributed by atoms with Crippen LogP contribution in [0.25, 0.3) is 16.7 Å². The van der Waals surface area contributed by atoms with E-state index in [1.54, 1.807) is 0 Å². The van der Waals surface area contributed by atoms with Gasteiger partial charge in [-0.15, -0.1) is 0 Å². The summed E-state index contributed by atoms with van der Waals surface area (Å²) in [6, 6.07) is 16.9. The molecule has 1 unspecified atom stereocenters. The van der Waals surface area contributed by atoms with Crippen LogP contribution in [0.3, 0.4) is 0 Å². The fourth-order valence-electron chi connectivity index (χ4n) is 5.23. The van der Waals surface area contributed by atoms with Gasteiger partial charge in [0.2, 0.25) is 0 Å². The van der Waals surface area contributed by atoms with Crippen LogP contribution >= 0.6 is 0 Å². The van der Waals surface area contributed by atoms with Gasteiger partial charge in [-0.25, -0.2) is 0 Å². The number of carbonyl (C=O) groups is 1. The normalized spacial score (nSPS) is 15.8. The van der Waals surface area contributed by atoms with Crippen molar-refractivity contribution in [1.82, 2.24) is 0 Å². The minimum absolute atomic E-state index is 0.128. The lowest BCUT2D eigenvalue weighted by molar-refractivity contribution is -0.134. The quantitative estimate of drug-likeness (QED) is 0.155. The molecule has 1 atom stereocenters. The molecule has 0 fully saturated rings. The zero-order valence-electron chi connectivity index (χ0n) is 22.4. The van der Waals surface area contributed by atoms with E-state index in [0.29, 0.717) is 12.2 Å². The Morgan fingerprint density at radius 1 is 0.857 bits per heavy atom. The van der Waals surface area contributed by atoms with Gasteiger partial charge in [0.15, 0.2) is 0 Å². The van der Waals surface area contributed by atoms with Gasteiger partial charge < -0.3 is 4.74 Å².